The van der Waals surface area contributed by atoms with Gasteiger partial charge in [0.1, 0.15) is 12.3 Å². The molecule has 0 aliphatic carbocycles. The molecule has 1 fully saturated rings. The number of nitrogens with zero attached hydrogens (tertiary/aromatic N) is 1. The molecule has 4 rings (SSSR count). The largest absolute Gasteiger partial charge is 0.490 e. The van der Waals surface area contributed by atoms with Crippen molar-refractivity contribution in [3.05, 3.63) is 98.6 Å². The predicted molar refractivity (Wildman–Crippen MR) is 135 cm³/mol. The smallest absolute Gasteiger partial charge is 0.329 e. The van der Waals surface area contributed by atoms with E-state index in [0.29, 0.717) is 39.8 Å². The zero-order chi connectivity index (χ0) is 24.1. The fraction of sp³-hybridized carbons (Fsp3) is 0.154. The normalized spacial score (nSPS) is 14.4. The van der Waals surface area contributed by atoms with Crippen LogP contribution in [0.5, 0.6) is 11.5 Å². The molecule has 1 aliphatic rings. The van der Waals surface area contributed by atoms with Gasteiger partial charge in [0.15, 0.2) is 11.5 Å². The molecule has 174 valence electrons. The van der Waals surface area contributed by atoms with E-state index in [0.717, 1.165) is 16.0 Å². The third-order valence-corrected chi connectivity index (χ3v) is 6.05. The molecule has 8 heteroatoms. The van der Waals surface area contributed by atoms with Crippen molar-refractivity contribution >= 4 is 45.5 Å². The summed E-state index contributed by atoms with van der Waals surface area (Å²) in [6, 6.07) is 19.9. The number of rotatable bonds is 8. The van der Waals surface area contributed by atoms with Crippen molar-refractivity contribution in [1.82, 2.24) is 10.2 Å². The Morgan fingerprint density at radius 1 is 0.971 bits per heavy atom. The predicted octanol–water partition coefficient (Wildman–Crippen LogP) is 6.17. The van der Waals surface area contributed by atoms with Gasteiger partial charge in [-0.15, -0.1) is 0 Å². The molecule has 0 saturated carbocycles. The monoisotopic (exact) mass is 540 g/mol. The van der Waals surface area contributed by atoms with Crippen molar-refractivity contribution < 1.29 is 19.1 Å². The van der Waals surface area contributed by atoms with Crippen LogP contribution >= 0.6 is 27.5 Å². The van der Waals surface area contributed by atoms with E-state index in [2.05, 4.69) is 21.2 Å². The van der Waals surface area contributed by atoms with Gasteiger partial charge in [0, 0.05) is 9.50 Å². The number of ether oxygens (including phenoxy) is 2. The Morgan fingerprint density at radius 2 is 1.68 bits per heavy atom. The summed E-state index contributed by atoms with van der Waals surface area (Å²) in [6.07, 6.45) is 1.62. The number of amides is 3. The lowest BCUT2D eigenvalue weighted by atomic mass is 10.1. The minimum absolute atomic E-state index is 0.150. The molecule has 3 aromatic rings. The first-order valence-corrected chi connectivity index (χ1v) is 11.8. The SMILES string of the molecule is CCOc1cc(/C=C2\NC(=O)N(Cc3ccc(Cl)cc3)C2=O)c(Br)cc1OCc1ccccc1. The molecular formula is C26H22BrClN2O4. The van der Waals surface area contributed by atoms with Crippen LogP contribution in [0.4, 0.5) is 4.79 Å². The number of hydrogen-bond acceptors (Lipinski definition) is 4. The fourth-order valence-electron chi connectivity index (χ4n) is 3.42. The molecule has 0 bridgehead atoms. The fourth-order valence-corrected chi connectivity index (χ4v) is 3.98. The Balaban J connectivity index is 1.55. The van der Waals surface area contributed by atoms with E-state index in [9.17, 15) is 9.59 Å². The van der Waals surface area contributed by atoms with Gasteiger partial charge in [0.05, 0.1) is 13.2 Å². The number of urea groups is 1. The number of nitrogens with one attached hydrogen (secondary N) is 1. The molecule has 1 aliphatic heterocycles. The summed E-state index contributed by atoms with van der Waals surface area (Å²) >= 11 is 9.46. The van der Waals surface area contributed by atoms with E-state index in [4.69, 9.17) is 21.1 Å². The van der Waals surface area contributed by atoms with Crippen molar-refractivity contribution in [2.24, 2.45) is 0 Å². The highest BCUT2D eigenvalue weighted by molar-refractivity contribution is 9.10. The Bertz CT molecular complexity index is 1230. The lowest BCUT2D eigenvalue weighted by molar-refractivity contribution is -0.123. The Kier molecular flexibility index (Phi) is 7.55. The van der Waals surface area contributed by atoms with Crippen molar-refractivity contribution in [3.8, 4) is 11.5 Å². The van der Waals surface area contributed by atoms with Gasteiger partial charge >= 0.3 is 6.03 Å². The molecule has 34 heavy (non-hydrogen) atoms. The molecular weight excluding hydrogens is 520 g/mol. The zero-order valence-electron chi connectivity index (χ0n) is 18.4. The lowest BCUT2D eigenvalue weighted by Gasteiger charge is -2.14. The summed E-state index contributed by atoms with van der Waals surface area (Å²) in [6.45, 7) is 2.87. The zero-order valence-corrected chi connectivity index (χ0v) is 20.7. The van der Waals surface area contributed by atoms with E-state index >= 15 is 0 Å². The second kappa shape index (κ2) is 10.8. The van der Waals surface area contributed by atoms with Crippen LogP contribution < -0.4 is 14.8 Å². The lowest BCUT2D eigenvalue weighted by Crippen LogP contribution is -2.30. The molecule has 0 atom stereocenters. The minimum atomic E-state index is -0.477. The second-order valence-corrected chi connectivity index (χ2v) is 8.82. The molecule has 3 aromatic carbocycles. The number of imide groups is 1. The molecule has 6 nitrogen and oxygen atoms in total. The van der Waals surface area contributed by atoms with Gasteiger partial charge in [0.2, 0.25) is 0 Å². The average molecular weight is 542 g/mol. The van der Waals surface area contributed by atoms with Gasteiger partial charge in [-0.25, -0.2) is 4.79 Å². The number of benzene rings is 3. The number of halogens is 2. The van der Waals surface area contributed by atoms with Gasteiger partial charge in [-0.1, -0.05) is 70.0 Å². The van der Waals surface area contributed by atoms with Crippen LogP contribution in [0.1, 0.15) is 23.6 Å². The van der Waals surface area contributed by atoms with Crippen molar-refractivity contribution in [2.75, 3.05) is 6.61 Å². The summed E-state index contributed by atoms with van der Waals surface area (Å²) in [7, 11) is 0. The van der Waals surface area contributed by atoms with Crippen molar-refractivity contribution in [2.45, 2.75) is 20.1 Å². The molecule has 1 heterocycles. The topological polar surface area (TPSA) is 67.9 Å². The average Bonchev–Trinajstić information content (AvgIpc) is 3.09. The van der Waals surface area contributed by atoms with Crippen LogP contribution in [-0.2, 0) is 17.9 Å². The first-order chi connectivity index (χ1) is 16.4. The van der Waals surface area contributed by atoms with Crippen LogP contribution in [0.2, 0.25) is 5.02 Å². The van der Waals surface area contributed by atoms with Gasteiger partial charge in [-0.2, -0.15) is 0 Å². The first kappa shape index (κ1) is 23.9. The van der Waals surface area contributed by atoms with Crippen LogP contribution in [0, 0.1) is 0 Å². The third-order valence-electron chi connectivity index (χ3n) is 5.12. The number of carbonyl (C=O) groups excluding carboxylic acids is 2. The van der Waals surface area contributed by atoms with E-state index in [-0.39, 0.29) is 12.2 Å². The Morgan fingerprint density at radius 3 is 2.38 bits per heavy atom. The molecule has 1 saturated heterocycles. The molecule has 0 unspecified atom stereocenters. The molecule has 0 radical (unpaired) electrons. The summed E-state index contributed by atoms with van der Waals surface area (Å²) < 4.78 is 12.5. The maximum atomic E-state index is 12.9. The van der Waals surface area contributed by atoms with E-state index in [1.807, 2.05) is 37.3 Å². The quantitative estimate of drug-likeness (QED) is 0.273. The highest BCUT2D eigenvalue weighted by atomic mass is 79.9. The van der Waals surface area contributed by atoms with Crippen LogP contribution in [0.3, 0.4) is 0 Å². The maximum absolute atomic E-state index is 12.9. The maximum Gasteiger partial charge on any atom is 0.329 e. The van der Waals surface area contributed by atoms with Crippen molar-refractivity contribution in [1.29, 1.82) is 0 Å². The van der Waals surface area contributed by atoms with Crippen LogP contribution in [-0.4, -0.2) is 23.4 Å². The third kappa shape index (κ3) is 5.61. The van der Waals surface area contributed by atoms with E-state index < -0.39 is 11.9 Å². The Hall–Kier alpha value is -3.29. The standard InChI is InChI=1S/C26H22BrClN2O4/c1-2-33-23-13-19(21(27)14-24(23)34-16-18-6-4-3-5-7-18)12-22-25(31)30(26(32)29-22)15-17-8-10-20(28)11-9-17/h3-14H,2,15-16H2,1H3,(H,29,32)/b22-12-. The van der Waals surface area contributed by atoms with E-state index in [1.54, 1.807) is 42.5 Å². The highest BCUT2D eigenvalue weighted by Gasteiger charge is 2.33. The van der Waals surface area contributed by atoms with Gasteiger partial charge in [-0.3, -0.25) is 9.69 Å². The first-order valence-electron chi connectivity index (χ1n) is 10.7. The van der Waals surface area contributed by atoms with Crippen molar-refractivity contribution in [3.63, 3.8) is 0 Å². The van der Waals surface area contributed by atoms with Crippen LogP contribution in [0.25, 0.3) is 6.08 Å². The van der Waals surface area contributed by atoms with Crippen LogP contribution in [0.15, 0.2) is 76.9 Å². The summed E-state index contributed by atoms with van der Waals surface area (Å²) in [5, 5.41) is 3.24. The highest BCUT2D eigenvalue weighted by Crippen LogP contribution is 2.35. The minimum Gasteiger partial charge on any atom is -0.490 e. The number of carbonyl (C=O) groups is 2. The molecule has 1 N–H and O–H groups in total. The summed E-state index contributed by atoms with van der Waals surface area (Å²) in [4.78, 5) is 26.5. The van der Waals surface area contributed by atoms with Gasteiger partial charge in [-0.05, 0) is 54.0 Å². The number of hydrogen-bond donors (Lipinski definition) is 1. The van der Waals surface area contributed by atoms with E-state index in [1.165, 1.54) is 0 Å². The molecule has 3 amide bonds. The Labute approximate surface area is 211 Å². The van der Waals surface area contributed by atoms with Gasteiger partial charge in [0.25, 0.3) is 5.91 Å². The second-order valence-electron chi connectivity index (χ2n) is 7.53. The van der Waals surface area contributed by atoms with Gasteiger partial charge < -0.3 is 14.8 Å². The molecule has 0 aromatic heterocycles. The molecule has 0 spiro atoms. The summed E-state index contributed by atoms with van der Waals surface area (Å²) in [5.41, 5.74) is 2.69. The summed E-state index contributed by atoms with van der Waals surface area (Å²) in [5.74, 6) is 0.711.